The van der Waals surface area contributed by atoms with Crippen LogP contribution in [0.3, 0.4) is 0 Å². The fourth-order valence-electron chi connectivity index (χ4n) is 1.70. The second-order valence-corrected chi connectivity index (χ2v) is 3.89. The Balaban J connectivity index is 2.19. The Morgan fingerprint density at radius 3 is 3.12 bits per heavy atom. The quantitative estimate of drug-likeness (QED) is 0.741. The highest BCUT2D eigenvalue weighted by atomic mass is 16.3. The summed E-state index contributed by atoms with van der Waals surface area (Å²) in [5, 5.41) is 12.2. The molecule has 5 nitrogen and oxygen atoms in total. The minimum atomic E-state index is -0.514. The Morgan fingerprint density at radius 1 is 1.62 bits per heavy atom. The first-order chi connectivity index (χ1) is 7.66. The third kappa shape index (κ3) is 2.30. The highest BCUT2D eigenvalue weighted by molar-refractivity contribution is 5.82. The average Bonchev–Trinajstić information content (AvgIpc) is 2.29. The lowest BCUT2D eigenvalue weighted by atomic mass is 10.1. The number of piperazine rings is 1. The zero-order valence-corrected chi connectivity index (χ0v) is 9.18. The van der Waals surface area contributed by atoms with Gasteiger partial charge >= 0.3 is 0 Å². The molecule has 86 valence electrons. The summed E-state index contributed by atoms with van der Waals surface area (Å²) in [6, 6.07) is 3.60. The molecule has 0 aliphatic carbocycles. The maximum Gasteiger partial charge on any atom is 0.239 e. The van der Waals surface area contributed by atoms with Crippen molar-refractivity contribution >= 4 is 11.7 Å². The van der Waals surface area contributed by atoms with Gasteiger partial charge in [-0.1, -0.05) is 0 Å². The molecule has 1 fully saturated rings. The summed E-state index contributed by atoms with van der Waals surface area (Å²) >= 11 is 0. The Hall–Kier alpha value is -1.62. The molecule has 1 aliphatic heterocycles. The standard InChI is InChI=1S/C11H15N3O2/c1-8(15)9-2-3-12-10(6-9)14-5-4-13-11(16)7-14/h2-3,6,8,15H,4-5,7H2,1H3,(H,13,16)/t8-/m0/s1. The van der Waals surface area contributed by atoms with E-state index in [9.17, 15) is 9.90 Å². The molecule has 0 saturated carbocycles. The van der Waals surface area contributed by atoms with E-state index in [1.54, 1.807) is 19.2 Å². The Bertz CT molecular complexity index is 393. The van der Waals surface area contributed by atoms with Gasteiger partial charge in [0.05, 0.1) is 12.6 Å². The largest absolute Gasteiger partial charge is 0.389 e. The van der Waals surface area contributed by atoms with E-state index in [4.69, 9.17) is 0 Å². The van der Waals surface area contributed by atoms with Crippen LogP contribution in [-0.2, 0) is 4.79 Å². The number of hydrogen-bond acceptors (Lipinski definition) is 4. The Morgan fingerprint density at radius 2 is 2.44 bits per heavy atom. The van der Waals surface area contributed by atoms with E-state index >= 15 is 0 Å². The summed E-state index contributed by atoms with van der Waals surface area (Å²) in [7, 11) is 0. The van der Waals surface area contributed by atoms with Crippen molar-refractivity contribution in [3.63, 3.8) is 0 Å². The molecule has 2 N–H and O–H groups in total. The molecule has 2 heterocycles. The summed E-state index contributed by atoms with van der Waals surface area (Å²) in [6.45, 7) is 3.43. The highest BCUT2D eigenvalue weighted by Gasteiger charge is 2.17. The van der Waals surface area contributed by atoms with Gasteiger partial charge in [0.15, 0.2) is 0 Å². The lowest BCUT2D eigenvalue weighted by Crippen LogP contribution is -2.48. The first-order valence-corrected chi connectivity index (χ1v) is 5.32. The third-order valence-corrected chi connectivity index (χ3v) is 2.61. The van der Waals surface area contributed by atoms with Gasteiger partial charge < -0.3 is 15.3 Å². The molecule has 5 heteroatoms. The van der Waals surface area contributed by atoms with E-state index < -0.39 is 6.10 Å². The van der Waals surface area contributed by atoms with E-state index in [-0.39, 0.29) is 5.91 Å². The van der Waals surface area contributed by atoms with Crippen molar-refractivity contribution < 1.29 is 9.90 Å². The van der Waals surface area contributed by atoms with Gasteiger partial charge in [-0.3, -0.25) is 4.79 Å². The van der Waals surface area contributed by atoms with Crippen LogP contribution in [0.1, 0.15) is 18.6 Å². The number of carbonyl (C=O) groups is 1. The van der Waals surface area contributed by atoms with Gasteiger partial charge in [-0.2, -0.15) is 0 Å². The molecular formula is C11H15N3O2. The van der Waals surface area contributed by atoms with E-state index in [1.165, 1.54) is 0 Å². The SMILES string of the molecule is C[C@H](O)c1ccnc(N2CCNC(=O)C2)c1. The van der Waals surface area contributed by atoms with Crippen LogP contribution in [0, 0.1) is 0 Å². The monoisotopic (exact) mass is 221 g/mol. The molecule has 1 atom stereocenters. The van der Waals surface area contributed by atoms with E-state index in [2.05, 4.69) is 10.3 Å². The molecule has 0 unspecified atom stereocenters. The van der Waals surface area contributed by atoms with Crippen molar-refractivity contribution in [2.24, 2.45) is 0 Å². The van der Waals surface area contributed by atoms with Gasteiger partial charge in [0.25, 0.3) is 0 Å². The van der Waals surface area contributed by atoms with E-state index in [0.29, 0.717) is 13.1 Å². The molecule has 0 bridgehead atoms. The number of amides is 1. The van der Waals surface area contributed by atoms with Gasteiger partial charge in [0, 0.05) is 19.3 Å². The average molecular weight is 221 g/mol. The number of pyridine rings is 1. The van der Waals surface area contributed by atoms with Gasteiger partial charge in [0.1, 0.15) is 5.82 Å². The molecule has 1 aromatic heterocycles. The zero-order chi connectivity index (χ0) is 11.5. The first-order valence-electron chi connectivity index (χ1n) is 5.32. The van der Waals surface area contributed by atoms with Crippen LogP contribution >= 0.6 is 0 Å². The predicted molar refractivity (Wildman–Crippen MR) is 60.1 cm³/mol. The molecule has 1 aromatic rings. The normalized spacial score (nSPS) is 18.1. The van der Waals surface area contributed by atoms with Crippen LogP contribution in [-0.4, -0.2) is 35.6 Å². The first kappa shape index (κ1) is 10.9. The molecule has 1 aliphatic rings. The molecular weight excluding hydrogens is 206 g/mol. The maximum absolute atomic E-state index is 11.2. The summed E-state index contributed by atoms with van der Waals surface area (Å²) in [5.74, 6) is 0.753. The fraction of sp³-hybridized carbons (Fsp3) is 0.455. The summed E-state index contributed by atoms with van der Waals surface area (Å²) in [5.41, 5.74) is 0.816. The summed E-state index contributed by atoms with van der Waals surface area (Å²) in [6.07, 6.45) is 1.14. The third-order valence-electron chi connectivity index (χ3n) is 2.61. The van der Waals surface area contributed by atoms with Crippen molar-refractivity contribution in [1.82, 2.24) is 10.3 Å². The van der Waals surface area contributed by atoms with E-state index in [0.717, 1.165) is 17.9 Å². The molecule has 2 rings (SSSR count). The van der Waals surface area contributed by atoms with Gasteiger partial charge in [0.2, 0.25) is 5.91 Å². The topological polar surface area (TPSA) is 65.5 Å². The van der Waals surface area contributed by atoms with Gasteiger partial charge in [-0.05, 0) is 24.6 Å². The van der Waals surface area contributed by atoms with Crippen molar-refractivity contribution in [3.05, 3.63) is 23.9 Å². The van der Waals surface area contributed by atoms with Crippen LogP contribution in [0.2, 0.25) is 0 Å². The number of rotatable bonds is 2. The van der Waals surface area contributed by atoms with Crippen LogP contribution < -0.4 is 10.2 Å². The minimum absolute atomic E-state index is 0.00972. The number of anilines is 1. The van der Waals surface area contributed by atoms with E-state index in [1.807, 2.05) is 11.0 Å². The van der Waals surface area contributed by atoms with Gasteiger partial charge in [-0.15, -0.1) is 0 Å². The molecule has 0 radical (unpaired) electrons. The number of aliphatic hydroxyl groups excluding tert-OH is 1. The number of aromatic nitrogens is 1. The van der Waals surface area contributed by atoms with Crippen molar-refractivity contribution in [2.75, 3.05) is 24.5 Å². The predicted octanol–water partition coefficient (Wildman–Crippen LogP) is 0.0711. The maximum atomic E-state index is 11.2. The highest BCUT2D eigenvalue weighted by Crippen LogP contribution is 2.18. The molecule has 1 amide bonds. The van der Waals surface area contributed by atoms with Crippen molar-refractivity contribution in [1.29, 1.82) is 0 Å². The van der Waals surface area contributed by atoms with Crippen LogP contribution in [0.4, 0.5) is 5.82 Å². The fourth-order valence-corrected chi connectivity index (χ4v) is 1.70. The van der Waals surface area contributed by atoms with Crippen LogP contribution in [0.15, 0.2) is 18.3 Å². The number of carbonyl (C=O) groups excluding carboxylic acids is 1. The van der Waals surface area contributed by atoms with Crippen LogP contribution in [0.25, 0.3) is 0 Å². The smallest absolute Gasteiger partial charge is 0.239 e. The number of nitrogens with zero attached hydrogens (tertiary/aromatic N) is 2. The Labute approximate surface area is 94.1 Å². The van der Waals surface area contributed by atoms with Gasteiger partial charge in [-0.25, -0.2) is 4.98 Å². The van der Waals surface area contributed by atoms with Crippen molar-refractivity contribution in [3.8, 4) is 0 Å². The molecule has 1 saturated heterocycles. The number of nitrogens with one attached hydrogen (secondary N) is 1. The summed E-state index contributed by atoms with van der Waals surface area (Å²) < 4.78 is 0. The lowest BCUT2D eigenvalue weighted by Gasteiger charge is -2.27. The second-order valence-electron chi connectivity index (χ2n) is 3.89. The second kappa shape index (κ2) is 4.49. The van der Waals surface area contributed by atoms with Crippen LogP contribution in [0.5, 0.6) is 0 Å². The zero-order valence-electron chi connectivity index (χ0n) is 9.18. The minimum Gasteiger partial charge on any atom is -0.389 e. The van der Waals surface area contributed by atoms with Crippen molar-refractivity contribution in [2.45, 2.75) is 13.0 Å². The Kier molecular flexibility index (Phi) is 3.05. The number of aliphatic hydroxyl groups is 1. The molecule has 0 aromatic carbocycles. The summed E-state index contributed by atoms with van der Waals surface area (Å²) in [4.78, 5) is 17.4. The molecule has 16 heavy (non-hydrogen) atoms. The number of hydrogen-bond donors (Lipinski definition) is 2. The molecule has 0 spiro atoms. The lowest BCUT2D eigenvalue weighted by molar-refractivity contribution is -0.120.